The second kappa shape index (κ2) is 2.90. The van der Waals surface area contributed by atoms with Crippen molar-refractivity contribution in [1.82, 2.24) is 0 Å². The van der Waals surface area contributed by atoms with Gasteiger partial charge in [-0.05, 0) is 42.9 Å². The SMILES string of the molecule is CC1=C(C)C2(CCCC2)C(C)(C)C1(C)C. The summed E-state index contributed by atoms with van der Waals surface area (Å²) in [6.07, 6.45) is 5.72. The van der Waals surface area contributed by atoms with Crippen LogP contribution in [0.1, 0.15) is 67.2 Å². The van der Waals surface area contributed by atoms with Crippen LogP contribution in [0.3, 0.4) is 0 Å². The van der Waals surface area contributed by atoms with Crippen LogP contribution >= 0.6 is 0 Å². The monoisotopic (exact) mass is 206 g/mol. The van der Waals surface area contributed by atoms with E-state index in [0.717, 1.165) is 0 Å². The van der Waals surface area contributed by atoms with E-state index in [4.69, 9.17) is 0 Å². The maximum Gasteiger partial charge on any atom is -0.00288 e. The van der Waals surface area contributed by atoms with E-state index in [-0.39, 0.29) is 0 Å². The molecule has 0 N–H and O–H groups in total. The summed E-state index contributed by atoms with van der Waals surface area (Å²) in [5.41, 5.74) is 4.72. The zero-order chi connectivity index (χ0) is 11.5. The van der Waals surface area contributed by atoms with E-state index < -0.39 is 0 Å². The number of allylic oxidation sites excluding steroid dienone is 2. The fourth-order valence-corrected chi connectivity index (χ4v) is 4.34. The van der Waals surface area contributed by atoms with Crippen molar-refractivity contribution in [2.24, 2.45) is 16.2 Å². The standard InChI is InChI=1S/C15H26/c1-11-12(2)15(9-7-8-10-15)14(5,6)13(11,3)4/h7-10H2,1-6H3. The Bertz CT molecular complexity index is 309. The van der Waals surface area contributed by atoms with Crippen LogP contribution in [0, 0.1) is 16.2 Å². The molecular formula is C15H26. The number of hydrogen-bond acceptors (Lipinski definition) is 0. The molecule has 0 bridgehead atoms. The van der Waals surface area contributed by atoms with Crippen molar-refractivity contribution in [2.45, 2.75) is 67.2 Å². The van der Waals surface area contributed by atoms with E-state index in [1.807, 2.05) is 0 Å². The minimum Gasteiger partial charge on any atom is -0.0676 e. The minimum atomic E-state index is 0.376. The Morgan fingerprint density at radius 3 is 1.60 bits per heavy atom. The first-order valence-corrected chi connectivity index (χ1v) is 6.46. The minimum absolute atomic E-state index is 0.376. The Balaban J connectivity index is 2.59. The van der Waals surface area contributed by atoms with Gasteiger partial charge in [-0.3, -0.25) is 0 Å². The van der Waals surface area contributed by atoms with Gasteiger partial charge >= 0.3 is 0 Å². The molecule has 2 rings (SSSR count). The predicted molar refractivity (Wildman–Crippen MR) is 66.8 cm³/mol. The molecule has 86 valence electrons. The van der Waals surface area contributed by atoms with Crippen molar-refractivity contribution >= 4 is 0 Å². The fraction of sp³-hybridized carbons (Fsp3) is 0.867. The van der Waals surface area contributed by atoms with Crippen LogP contribution in [-0.4, -0.2) is 0 Å². The molecule has 0 radical (unpaired) electrons. The van der Waals surface area contributed by atoms with Crippen LogP contribution in [0.5, 0.6) is 0 Å². The van der Waals surface area contributed by atoms with Gasteiger partial charge in [-0.25, -0.2) is 0 Å². The molecule has 1 saturated carbocycles. The maximum atomic E-state index is 2.50. The van der Waals surface area contributed by atoms with Crippen molar-refractivity contribution in [3.63, 3.8) is 0 Å². The molecule has 0 atom stereocenters. The summed E-state index contributed by atoms with van der Waals surface area (Å²) in [6, 6.07) is 0. The molecule has 2 aliphatic carbocycles. The van der Waals surface area contributed by atoms with Crippen LogP contribution in [0.25, 0.3) is 0 Å². The third kappa shape index (κ3) is 1.04. The molecule has 0 nitrogen and oxygen atoms in total. The average molecular weight is 206 g/mol. The molecule has 0 unspecified atom stereocenters. The summed E-state index contributed by atoms with van der Waals surface area (Å²) < 4.78 is 0. The molecule has 0 saturated heterocycles. The first-order chi connectivity index (χ1) is 6.77. The lowest BCUT2D eigenvalue weighted by atomic mass is 9.56. The topological polar surface area (TPSA) is 0 Å². The van der Waals surface area contributed by atoms with E-state index in [1.54, 1.807) is 11.1 Å². The molecule has 0 heterocycles. The summed E-state index contributed by atoms with van der Waals surface area (Å²) >= 11 is 0. The summed E-state index contributed by atoms with van der Waals surface area (Å²) in [6.45, 7) is 14.6. The maximum absolute atomic E-state index is 2.50. The molecule has 1 spiro atoms. The zero-order valence-electron chi connectivity index (χ0n) is 11.3. The predicted octanol–water partition coefficient (Wildman–Crippen LogP) is 4.95. The van der Waals surface area contributed by atoms with Gasteiger partial charge in [-0.2, -0.15) is 0 Å². The first kappa shape index (κ1) is 11.2. The van der Waals surface area contributed by atoms with Crippen LogP contribution in [0.2, 0.25) is 0 Å². The van der Waals surface area contributed by atoms with Crippen LogP contribution in [0.15, 0.2) is 11.1 Å². The molecule has 0 aromatic carbocycles. The van der Waals surface area contributed by atoms with Gasteiger partial charge in [-0.1, -0.05) is 51.7 Å². The highest BCUT2D eigenvalue weighted by atomic mass is 14.6. The summed E-state index contributed by atoms with van der Waals surface area (Å²) in [4.78, 5) is 0. The fourth-order valence-electron chi connectivity index (χ4n) is 4.34. The Labute approximate surface area is 95.1 Å². The molecule has 0 aliphatic heterocycles. The molecule has 1 fully saturated rings. The Morgan fingerprint density at radius 2 is 1.27 bits per heavy atom. The lowest BCUT2D eigenvalue weighted by Crippen LogP contribution is -2.41. The quantitative estimate of drug-likeness (QED) is 0.492. The number of rotatable bonds is 0. The van der Waals surface area contributed by atoms with Gasteiger partial charge in [0.2, 0.25) is 0 Å². The van der Waals surface area contributed by atoms with Crippen molar-refractivity contribution in [1.29, 1.82) is 0 Å². The molecular weight excluding hydrogens is 180 g/mol. The third-order valence-electron chi connectivity index (χ3n) is 6.43. The molecule has 0 aromatic rings. The smallest absolute Gasteiger partial charge is 0.00288 e. The number of hydrogen-bond donors (Lipinski definition) is 0. The highest BCUT2D eigenvalue weighted by Gasteiger charge is 2.60. The molecule has 2 aliphatic rings. The molecule has 0 heteroatoms. The highest BCUT2D eigenvalue weighted by molar-refractivity contribution is 5.37. The van der Waals surface area contributed by atoms with Gasteiger partial charge in [0.15, 0.2) is 0 Å². The van der Waals surface area contributed by atoms with Gasteiger partial charge in [0.25, 0.3) is 0 Å². The largest absolute Gasteiger partial charge is 0.0676 e. The normalized spacial score (nSPS) is 31.6. The third-order valence-corrected chi connectivity index (χ3v) is 6.43. The Kier molecular flexibility index (Phi) is 2.17. The molecule has 0 aromatic heterocycles. The van der Waals surface area contributed by atoms with E-state index in [2.05, 4.69) is 41.5 Å². The van der Waals surface area contributed by atoms with Crippen molar-refractivity contribution in [3.05, 3.63) is 11.1 Å². The van der Waals surface area contributed by atoms with Gasteiger partial charge in [-0.15, -0.1) is 0 Å². The van der Waals surface area contributed by atoms with Gasteiger partial charge < -0.3 is 0 Å². The van der Waals surface area contributed by atoms with E-state index in [1.165, 1.54) is 25.7 Å². The Hall–Kier alpha value is -0.260. The lowest BCUT2D eigenvalue weighted by Gasteiger charge is -2.48. The summed E-state index contributed by atoms with van der Waals surface area (Å²) in [7, 11) is 0. The first-order valence-electron chi connectivity index (χ1n) is 6.46. The second-order valence-electron chi connectivity index (χ2n) is 6.79. The van der Waals surface area contributed by atoms with E-state index in [9.17, 15) is 0 Å². The summed E-state index contributed by atoms with van der Waals surface area (Å²) in [5, 5.41) is 0. The van der Waals surface area contributed by atoms with Crippen molar-refractivity contribution in [3.8, 4) is 0 Å². The van der Waals surface area contributed by atoms with E-state index in [0.29, 0.717) is 16.2 Å². The van der Waals surface area contributed by atoms with E-state index >= 15 is 0 Å². The molecule has 0 amide bonds. The highest BCUT2D eigenvalue weighted by Crippen LogP contribution is 2.69. The zero-order valence-corrected chi connectivity index (χ0v) is 11.3. The van der Waals surface area contributed by atoms with Gasteiger partial charge in [0.05, 0.1) is 0 Å². The second-order valence-corrected chi connectivity index (χ2v) is 6.79. The van der Waals surface area contributed by atoms with Crippen LogP contribution < -0.4 is 0 Å². The van der Waals surface area contributed by atoms with Crippen LogP contribution in [0.4, 0.5) is 0 Å². The summed E-state index contributed by atoms with van der Waals surface area (Å²) in [5.74, 6) is 0. The van der Waals surface area contributed by atoms with Crippen molar-refractivity contribution < 1.29 is 0 Å². The molecule has 15 heavy (non-hydrogen) atoms. The Morgan fingerprint density at radius 1 is 0.800 bits per heavy atom. The van der Waals surface area contributed by atoms with Crippen molar-refractivity contribution in [2.75, 3.05) is 0 Å². The lowest BCUT2D eigenvalue weighted by molar-refractivity contribution is 0.0392. The van der Waals surface area contributed by atoms with Crippen LogP contribution in [-0.2, 0) is 0 Å². The average Bonchev–Trinajstić information content (AvgIpc) is 2.67. The van der Waals surface area contributed by atoms with Gasteiger partial charge in [0, 0.05) is 0 Å². The van der Waals surface area contributed by atoms with Gasteiger partial charge in [0.1, 0.15) is 0 Å².